The Bertz CT molecular complexity index is 1750. The number of aliphatic carboxylic acids is 1. The lowest BCUT2D eigenvalue weighted by Crippen LogP contribution is -2.42. The van der Waals surface area contributed by atoms with Crippen molar-refractivity contribution in [1.82, 2.24) is 14.6 Å². The third-order valence-corrected chi connectivity index (χ3v) is 11.4. The molecule has 2 fully saturated rings. The number of pyridine rings is 1. The Kier molecular flexibility index (Phi) is 9.48. The number of piperidine rings is 1. The maximum atomic E-state index is 13.3. The number of nitrogens with zero attached hydrogens (tertiary/aromatic N) is 2. The topological polar surface area (TPSA) is 126 Å². The zero-order chi connectivity index (χ0) is 31.4. The lowest BCUT2D eigenvalue weighted by atomic mass is 9.97. The SMILES string of the molecule is O=C(NC(Cc1ccsc1)C(=O)O)c1cc2ccc(OC3CCN(S(=O)(=O)c4ccccc4)CC3)cc2c(CC2CCCC2)n1. The highest BCUT2D eigenvalue weighted by molar-refractivity contribution is 7.89. The molecule has 2 aliphatic rings. The Labute approximate surface area is 267 Å². The van der Waals surface area contributed by atoms with Crippen LogP contribution < -0.4 is 10.1 Å². The summed E-state index contributed by atoms with van der Waals surface area (Å²) in [6.07, 6.45) is 6.54. The van der Waals surface area contributed by atoms with Gasteiger partial charge in [-0.05, 0) is 83.3 Å². The Balaban J connectivity index is 1.19. The number of fused-ring (bicyclic) bond motifs is 1. The van der Waals surface area contributed by atoms with E-state index in [1.54, 1.807) is 36.4 Å². The molecule has 3 heterocycles. The molecule has 2 N–H and O–H groups in total. The summed E-state index contributed by atoms with van der Waals surface area (Å²) in [4.78, 5) is 30.4. The zero-order valence-electron chi connectivity index (χ0n) is 24.9. The molecule has 2 aromatic heterocycles. The van der Waals surface area contributed by atoms with Crippen LogP contribution >= 0.6 is 11.3 Å². The van der Waals surface area contributed by atoms with E-state index in [4.69, 9.17) is 9.72 Å². The molecule has 1 amide bonds. The van der Waals surface area contributed by atoms with E-state index in [2.05, 4.69) is 5.32 Å². The van der Waals surface area contributed by atoms with E-state index >= 15 is 0 Å². The lowest BCUT2D eigenvalue weighted by Gasteiger charge is -2.31. The Morgan fingerprint density at radius 1 is 1.02 bits per heavy atom. The molecule has 6 rings (SSSR count). The van der Waals surface area contributed by atoms with E-state index < -0.39 is 27.9 Å². The van der Waals surface area contributed by atoms with Gasteiger partial charge in [0.25, 0.3) is 5.91 Å². The van der Waals surface area contributed by atoms with E-state index in [1.807, 2.05) is 35.0 Å². The highest BCUT2D eigenvalue weighted by Crippen LogP contribution is 2.32. The molecule has 0 radical (unpaired) electrons. The minimum Gasteiger partial charge on any atom is -0.490 e. The summed E-state index contributed by atoms with van der Waals surface area (Å²) >= 11 is 1.48. The van der Waals surface area contributed by atoms with Crippen molar-refractivity contribution < 1.29 is 27.9 Å². The molecule has 0 bridgehead atoms. The van der Waals surface area contributed by atoms with E-state index in [0.717, 1.165) is 41.3 Å². The molecule has 1 unspecified atom stereocenters. The second-order valence-corrected chi connectivity index (χ2v) is 14.6. The molecule has 1 atom stereocenters. The fourth-order valence-corrected chi connectivity index (χ4v) is 8.50. The highest BCUT2D eigenvalue weighted by atomic mass is 32.2. The summed E-state index contributed by atoms with van der Waals surface area (Å²) in [6, 6.07) is 16.8. The lowest BCUT2D eigenvalue weighted by molar-refractivity contribution is -0.139. The number of amides is 1. The smallest absolute Gasteiger partial charge is 0.326 e. The molecule has 4 aromatic rings. The molecule has 236 valence electrons. The summed E-state index contributed by atoms with van der Waals surface area (Å²) < 4.78 is 34.0. The highest BCUT2D eigenvalue weighted by Gasteiger charge is 2.30. The average molecular weight is 648 g/mol. The van der Waals surface area contributed by atoms with Gasteiger partial charge in [0.2, 0.25) is 10.0 Å². The first kappa shape index (κ1) is 31.2. The number of hydrogen-bond acceptors (Lipinski definition) is 7. The number of benzene rings is 2. The molecule has 9 nitrogen and oxygen atoms in total. The number of ether oxygens (including phenoxy) is 1. The third-order valence-electron chi connectivity index (χ3n) is 8.78. The van der Waals surface area contributed by atoms with Gasteiger partial charge in [0.05, 0.1) is 4.90 Å². The van der Waals surface area contributed by atoms with Crippen LogP contribution in [-0.4, -0.2) is 59.9 Å². The number of carbonyl (C=O) groups is 2. The molecular formula is C34H37N3O6S2. The Morgan fingerprint density at radius 3 is 2.47 bits per heavy atom. The number of thiophene rings is 1. The molecule has 2 aromatic carbocycles. The first-order valence-corrected chi connectivity index (χ1v) is 17.8. The van der Waals surface area contributed by atoms with E-state index in [-0.39, 0.29) is 18.2 Å². The van der Waals surface area contributed by atoms with E-state index in [9.17, 15) is 23.1 Å². The molecule has 11 heteroatoms. The minimum atomic E-state index is -3.54. The van der Waals surface area contributed by atoms with E-state index in [1.165, 1.54) is 28.5 Å². The molecule has 0 spiro atoms. The summed E-state index contributed by atoms with van der Waals surface area (Å²) in [5.74, 6) is -0.443. The standard InChI is InChI=1S/C34H37N3O6S2/c38-33(36-32(34(39)40)19-24-14-17-44-22-24)31-20-25-10-11-27(21-29(25)30(35-31)18-23-6-4-5-7-23)43-26-12-15-37(16-13-26)45(41,42)28-8-2-1-3-9-28/h1-3,8-11,14,17,20-23,26,32H,4-7,12-13,15-16,18-19H2,(H,36,38)(H,39,40). The van der Waals surface area contributed by atoms with Crippen LogP contribution in [0.1, 0.15) is 60.3 Å². The van der Waals surface area contributed by atoms with Crippen molar-refractivity contribution in [3.05, 3.63) is 88.4 Å². The van der Waals surface area contributed by atoms with Crippen molar-refractivity contribution in [2.24, 2.45) is 5.92 Å². The fourth-order valence-electron chi connectivity index (χ4n) is 6.33. The number of nitrogens with one attached hydrogen (secondary N) is 1. The number of aromatic nitrogens is 1. The van der Waals surface area contributed by atoms with Crippen LogP contribution in [0, 0.1) is 5.92 Å². The van der Waals surface area contributed by atoms with Gasteiger partial charge in [0.1, 0.15) is 23.6 Å². The van der Waals surface area contributed by atoms with Gasteiger partial charge in [-0.25, -0.2) is 18.2 Å². The van der Waals surface area contributed by atoms with Crippen molar-refractivity contribution in [3.63, 3.8) is 0 Å². The molecule has 1 saturated heterocycles. The van der Waals surface area contributed by atoms with Gasteiger partial charge in [-0.1, -0.05) is 49.9 Å². The minimum absolute atomic E-state index is 0.128. The number of hydrogen-bond donors (Lipinski definition) is 2. The maximum absolute atomic E-state index is 13.3. The number of rotatable bonds is 11. The summed E-state index contributed by atoms with van der Waals surface area (Å²) in [7, 11) is -3.54. The first-order chi connectivity index (χ1) is 21.8. The van der Waals surface area contributed by atoms with Crippen LogP contribution in [0.15, 0.2) is 76.3 Å². The number of sulfonamides is 1. The van der Waals surface area contributed by atoms with Crippen LogP contribution in [0.4, 0.5) is 0 Å². The molecule has 1 aliphatic carbocycles. The Morgan fingerprint density at radius 2 is 1.78 bits per heavy atom. The van der Waals surface area contributed by atoms with Gasteiger partial charge in [-0.3, -0.25) is 4.79 Å². The van der Waals surface area contributed by atoms with Crippen molar-refractivity contribution >= 4 is 44.0 Å². The zero-order valence-corrected chi connectivity index (χ0v) is 26.6. The van der Waals surface area contributed by atoms with Crippen molar-refractivity contribution in [1.29, 1.82) is 0 Å². The van der Waals surface area contributed by atoms with E-state index in [0.29, 0.717) is 42.5 Å². The van der Waals surface area contributed by atoms with Crippen molar-refractivity contribution in [2.45, 2.75) is 68.4 Å². The van der Waals surface area contributed by atoms with Crippen LogP contribution in [0.3, 0.4) is 0 Å². The quantitative estimate of drug-likeness (QED) is 0.214. The van der Waals surface area contributed by atoms with Gasteiger partial charge >= 0.3 is 5.97 Å². The van der Waals surface area contributed by atoms with Crippen molar-refractivity contribution in [3.8, 4) is 5.75 Å². The van der Waals surface area contributed by atoms with Crippen LogP contribution in [0.2, 0.25) is 0 Å². The normalized spacial score (nSPS) is 17.3. The van der Waals surface area contributed by atoms with Gasteiger partial charge in [0, 0.05) is 30.6 Å². The predicted octanol–water partition coefficient (Wildman–Crippen LogP) is 5.69. The number of carbonyl (C=O) groups excluding carboxylic acids is 1. The molecule has 45 heavy (non-hydrogen) atoms. The Hall–Kier alpha value is -3.80. The van der Waals surface area contributed by atoms with Gasteiger partial charge in [-0.2, -0.15) is 15.6 Å². The largest absolute Gasteiger partial charge is 0.490 e. The second kappa shape index (κ2) is 13.7. The van der Waals surface area contributed by atoms with Crippen LogP contribution in [0.25, 0.3) is 10.8 Å². The third kappa shape index (κ3) is 7.37. The second-order valence-electron chi connectivity index (χ2n) is 11.9. The monoisotopic (exact) mass is 647 g/mol. The number of carboxylic acids is 1. The molecule has 1 saturated carbocycles. The summed E-state index contributed by atoms with van der Waals surface area (Å²) in [6.45, 7) is 0.762. The summed E-state index contributed by atoms with van der Waals surface area (Å²) in [5.41, 5.74) is 1.87. The van der Waals surface area contributed by atoms with Crippen LogP contribution in [-0.2, 0) is 27.7 Å². The van der Waals surface area contributed by atoms with Gasteiger partial charge < -0.3 is 15.2 Å². The molecule has 1 aliphatic heterocycles. The van der Waals surface area contributed by atoms with Gasteiger partial charge in [-0.15, -0.1) is 0 Å². The number of carboxylic acid groups (broad SMARTS) is 1. The van der Waals surface area contributed by atoms with Crippen LogP contribution in [0.5, 0.6) is 5.75 Å². The molecular weight excluding hydrogens is 611 g/mol. The predicted molar refractivity (Wildman–Crippen MR) is 173 cm³/mol. The van der Waals surface area contributed by atoms with Crippen molar-refractivity contribution in [2.75, 3.05) is 13.1 Å². The maximum Gasteiger partial charge on any atom is 0.326 e. The first-order valence-electron chi connectivity index (χ1n) is 15.5. The van der Waals surface area contributed by atoms with Gasteiger partial charge in [0.15, 0.2) is 0 Å². The average Bonchev–Trinajstić information content (AvgIpc) is 3.76. The fraction of sp³-hybridized carbons (Fsp3) is 0.382. The summed E-state index contributed by atoms with van der Waals surface area (Å²) in [5, 5.41) is 18.0.